The zero-order valence-corrected chi connectivity index (χ0v) is 18.8. The summed E-state index contributed by atoms with van der Waals surface area (Å²) < 4.78 is 14.2. The predicted octanol–water partition coefficient (Wildman–Crippen LogP) is 5.50. The number of benzene rings is 2. The fourth-order valence-corrected chi connectivity index (χ4v) is 6.11. The number of nitrogens with zero attached hydrogens (tertiary/aromatic N) is 3. The van der Waals surface area contributed by atoms with E-state index in [4.69, 9.17) is 0 Å². The highest BCUT2D eigenvalue weighted by atomic mass is 32.2. The number of halogens is 1. The number of carbonyl (C=O) groups excluding carboxylic acids is 2. The van der Waals surface area contributed by atoms with Gasteiger partial charge >= 0.3 is 0 Å². The number of aromatic nitrogens is 2. The minimum atomic E-state index is -0.345. The molecule has 32 heavy (non-hydrogen) atoms. The van der Waals surface area contributed by atoms with Gasteiger partial charge in [0, 0.05) is 35.8 Å². The number of Topliss-reactive ketones (excluding diaryl/α,β-unsaturated/α-hetero) is 1. The summed E-state index contributed by atoms with van der Waals surface area (Å²) in [6.07, 6.45) is 1.96. The Morgan fingerprint density at radius 3 is 2.59 bits per heavy atom. The predicted molar refractivity (Wildman–Crippen MR) is 123 cm³/mol. The Labute approximate surface area is 193 Å². The van der Waals surface area contributed by atoms with Gasteiger partial charge in [0.1, 0.15) is 5.82 Å². The van der Waals surface area contributed by atoms with Gasteiger partial charge in [0.2, 0.25) is 11.0 Å². The Morgan fingerprint density at radius 2 is 1.81 bits per heavy atom. The number of amides is 1. The molecule has 1 unspecified atom stereocenters. The lowest BCUT2D eigenvalue weighted by Crippen LogP contribution is -2.40. The van der Waals surface area contributed by atoms with E-state index in [-0.39, 0.29) is 29.8 Å². The van der Waals surface area contributed by atoms with Gasteiger partial charge in [0.05, 0.1) is 0 Å². The molecule has 2 aromatic carbocycles. The number of carbonyl (C=O) groups is 2. The van der Waals surface area contributed by atoms with Gasteiger partial charge in [-0.15, -0.1) is 10.2 Å². The highest BCUT2D eigenvalue weighted by Crippen LogP contribution is 2.44. The smallest absolute Gasteiger partial charge is 0.234 e. The van der Waals surface area contributed by atoms with Gasteiger partial charge in [-0.2, -0.15) is 0 Å². The Kier molecular flexibility index (Phi) is 5.89. The van der Waals surface area contributed by atoms with Gasteiger partial charge in [-0.3, -0.25) is 14.5 Å². The number of rotatable bonds is 5. The van der Waals surface area contributed by atoms with E-state index in [0.29, 0.717) is 30.0 Å². The van der Waals surface area contributed by atoms with Gasteiger partial charge in [-0.05, 0) is 36.1 Å². The zero-order chi connectivity index (χ0) is 22.1. The first kappa shape index (κ1) is 21.0. The van der Waals surface area contributed by atoms with Crippen molar-refractivity contribution in [3.8, 4) is 0 Å². The van der Waals surface area contributed by atoms with E-state index in [1.807, 2.05) is 18.2 Å². The van der Waals surface area contributed by atoms with E-state index in [0.717, 1.165) is 21.4 Å². The molecule has 0 spiro atoms. The number of ketones is 1. The molecule has 0 bridgehead atoms. The molecule has 2 heterocycles. The SMILES string of the molecule is O=C1CCCC2=C1C(c1ccc(F)cc1)CC(=O)N2c1nnc(SCc2ccccc2)s1. The maximum atomic E-state index is 13.4. The first-order valence-electron chi connectivity index (χ1n) is 10.4. The van der Waals surface area contributed by atoms with Gasteiger partial charge in [0.25, 0.3) is 0 Å². The molecule has 1 amide bonds. The summed E-state index contributed by atoms with van der Waals surface area (Å²) in [5.41, 5.74) is 3.37. The second kappa shape index (κ2) is 8.96. The quantitative estimate of drug-likeness (QED) is 0.368. The average molecular weight is 466 g/mol. The van der Waals surface area contributed by atoms with Crippen molar-refractivity contribution in [3.63, 3.8) is 0 Å². The van der Waals surface area contributed by atoms with Crippen molar-refractivity contribution >= 4 is 39.9 Å². The molecule has 8 heteroatoms. The van der Waals surface area contributed by atoms with E-state index in [1.54, 1.807) is 28.8 Å². The normalized spacial score (nSPS) is 18.8. The molecule has 5 nitrogen and oxygen atoms in total. The fraction of sp³-hybridized carbons (Fsp3) is 0.250. The molecule has 0 saturated carbocycles. The van der Waals surface area contributed by atoms with E-state index in [1.165, 1.54) is 29.0 Å². The lowest BCUT2D eigenvalue weighted by Gasteiger charge is -2.36. The van der Waals surface area contributed by atoms with Crippen LogP contribution in [0.2, 0.25) is 0 Å². The van der Waals surface area contributed by atoms with Gasteiger partial charge in [0.15, 0.2) is 10.1 Å². The Hall–Kier alpha value is -2.84. The second-order valence-corrected chi connectivity index (χ2v) is 9.98. The van der Waals surface area contributed by atoms with Crippen molar-refractivity contribution in [2.45, 2.75) is 41.7 Å². The third-order valence-electron chi connectivity index (χ3n) is 5.74. The van der Waals surface area contributed by atoms with E-state index in [2.05, 4.69) is 22.3 Å². The summed E-state index contributed by atoms with van der Waals surface area (Å²) in [7, 11) is 0. The van der Waals surface area contributed by atoms with Crippen LogP contribution in [-0.4, -0.2) is 21.9 Å². The Balaban J connectivity index is 1.45. The van der Waals surface area contributed by atoms with Gasteiger partial charge in [-0.1, -0.05) is 65.6 Å². The van der Waals surface area contributed by atoms with Crippen molar-refractivity contribution < 1.29 is 14.0 Å². The van der Waals surface area contributed by atoms with Crippen LogP contribution < -0.4 is 4.90 Å². The second-order valence-electron chi connectivity index (χ2n) is 7.80. The average Bonchev–Trinajstić information content (AvgIpc) is 3.27. The first-order valence-corrected chi connectivity index (χ1v) is 12.3. The lowest BCUT2D eigenvalue weighted by atomic mass is 9.77. The van der Waals surface area contributed by atoms with Crippen molar-refractivity contribution in [1.29, 1.82) is 0 Å². The summed E-state index contributed by atoms with van der Waals surface area (Å²) in [5, 5.41) is 9.06. The maximum absolute atomic E-state index is 13.4. The maximum Gasteiger partial charge on any atom is 0.234 e. The molecule has 0 radical (unpaired) electrons. The molecule has 162 valence electrons. The molecule has 2 aliphatic rings. The largest absolute Gasteiger partial charge is 0.294 e. The van der Waals surface area contributed by atoms with Crippen LogP contribution in [-0.2, 0) is 15.3 Å². The molecular weight excluding hydrogens is 445 g/mol. The molecule has 1 atom stereocenters. The highest BCUT2D eigenvalue weighted by Gasteiger charge is 2.40. The molecule has 1 aliphatic heterocycles. The van der Waals surface area contributed by atoms with Crippen molar-refractivity contribution in [1.82, 2.24) is 10.2 Å². The van der Waals surface area contributed by atoms with Crippen molar-refractivity contribution in [2.24, 2.45) is 0 Å². The third-order valence-corrected chi connectivity index (χ3v) is 7.85. The molecule has 1 aliphatic carbocycles. The van der Waals surface area contributed by atoms with E-state index >= 15 is 0 Å². The van der Waals surface area contributed by atoms with Crippen LogP contribution in [0.5, 0.6) is 0 Å². The minimum Gasteiger partial charge on any atom is -0.294 e. The monoisotopic (exact) mass is 465 g/mol. The van der Waals surface area contributed by atoms with Crippen LogP contribution in [0.25, 0.3) is 0 Å². The topological polar surface area (TPSA) is 63.2 Å². The van der Waals surface area contributed by atoms with Crippen molar-refractivity contribution in [2.75, 3.05) is 4.90 Å². The minimum absolute atomic E-state index is 0.0567. The van der Waals surface area contributed by atoms with Crippen LogP contribution in [0.15, 0.2) is 70.2 Å². The molecule has 0 N–H and O–H groups in total. The molecule has 3 aromatic rings. The number of thioether (sulfide) groups is 1. The summed E-state index contributed by atoms with van der Waals surface area (Å²) in [6.45, 7) is 0. The summed E-state index contributed by atoms with van der Waals surface area (Å²) in [4.78, 5) is 27.7. The fourth-order valence-electron chi connectivity index (χ4n) is 4.27. The van der Waals surface area contributed by atoms with Crippen LogP contribution in [0, 0.1) is 5.82 Å². The molecule has 0 saturated heterocycles. The van der Waals surface area contributed by atoms with Crippen LogP contribution in [0.3, 0.4) is 0 Å². The number of hydrogen-bond donors (Lipinski definition) is 0. The standard InChI is InChI=1S/C24H20FN3O2S2/c25-17-11-9-16(10-12-17)18-13-21(30)28(19-7-4-8-20(29)22(18)19)23-26-27-24(32-23)31-14-15-5-2-1-3-6-15/h1-3,5-6,9-12,18H,4,7-8,13-14H2. The van der Waals surface area contributed by atoms with Crippen molar-refractivity contribution in [3.05, 3.63) is 82.8 Å². The third kappa shape index (κ3) is 4.12. The zero-order valence-electron chi connectivity index (χ0n) is 17.2. The van der Waals surface area contributed by atoms with E-state index < -0.39 is 0 Å². The lowest BCUT2D eigenvalue weighted by molar-refractivity contribution is -0.119. The van der Waals surface area contributed by atoms with Crippen LogP contribution >= 0.6 is 23.1 Å². The van der Waals surface area contributed by atoms with Crippen LogP contribution in [0.1, 0.15) is 42.7 Å². The number of anilines is 1. The number of hydrogen-bond acceptors (Lipinski definition) is 6. The van der Waals surface area contributed by atoms with Gasteiger partial charge < -0.3 is 0 Å². The molecule has 0 fully saturated rings. The van der Waals surface area contributed by atoms with Gasteiger partial charge in [-0.25, -0.2) is 4.39 Å². The Morgan fingerprint density at radius 1 is 1.03 bits per heavy atom. The molecule has 5 rings (SSSR count). The molecular formula is C24H20FN3O2S2. The Bertz CT molecular complexity index is 1190. The first-order chi connectivity index (χ1) is 15.6. The van der Waals surface area contributed by atoms with Crippen LogP contribution in [0.4, 0.5) is 9.52 Å². The summed E-state index contributed by atoms with van der Waals surface area (Å²) in [5.74, 6) is 0.0329. The highest BCUT2D eigenvalue weighted by molar-refractivity contribution is 8.00. The summed E-state index contributed by atoms with van der Waals surface area (Å²) in [6, 6.07) is 16.2. The molecule has 1 aromatic heterocycles. The van der Waals surface area contributed by atoms with E-state index in [9.17, 15) is 14.0 Å². The summed E-state index contributed by atoms with van der Waals surface area (Å²) >= 11 is 2.95. The number of allylic oxidation sites excluding steroid dienone is 2.